The van der Waals surface area contributed by atoms with E-state index in [9.17, 15) is 19.5 Å². The van der Waals surface area contributed by atoms with E-state index >= 15 is 0 Å². The molecular formula is C32H44N4O6. The summed E-state index contributed by atoms with van der Waals surface area (Å²) in [6.45, 7) is 4.25. The highest BCUT2D eigenvalue weighted by Crippen LogP contribution is 2.31. The number of anilines is 2. The molecule has 3 atom stereocenters. The quantitative estimate of drug-likeness (QED) is 0.422. The van der Waals surface area contributed by atoms with Gasteiger partial charge in [0.15, 0.2) is 0 Å². The number of amides is 4. The Morgan fingerprint density at radius 1 is 1.10 bits per heavy atom. The molecule has 4 rings (SSSR count). The molecule has 1 aliphatic heterocycles. The van der Waals surface area contributed by atoms with Crippen molar-refractivity contribution < 1.29 is 29.0 Å². The van der Waals surface area contributed by atoms with Crippen molar-refractivity contribution in [1.82, 2.24) is 9.80 Å². The number of rotatable bonds is 8. The molecule has 0 bridgehead atoms. The normalized spacial score (nSPS) is 20.2. The largest absolute Gasteiger partial charge is 0.497 e. The van der Waals surface area contributed by atoms with Gasteiger partial charge in [-0.1, -0.05) is 26.2 Å². The van der Waals surface area contributed by atoms with Gasteiger partial charge in [-0.2, -0.15) is 0 Å². The molecule has 42 heavy (non-hydrogen) atoms. The predicted molar refractivity (Wildman–Crippen MR) is 162 cm³/mol. The standard InChI is InChI=1S/C32H44N4O6/c1-21-18-36(22(2)20-37)30(38)17-24-16-26(33-31(39)23-8-6-5-7-9-23)12-15-28(24)42-29(21)19-35(3)32(40)34-25-10-13-27(41-4)14-11-25/h10-16,21-23,29,37H,5-9,17-20H2,1-4H3,(H,33,39)(H,34,40)/t21-,22+,29-/m1/s1. The van der Waals surface area contributed by atoms with Crippen LogP contribution in [0.3, 0.4) is 0 Å². The summed E-state index contributed by atoms with van der Waals surface area (Å²) >= 11 is 0. The zero-order valence-electron chi connectivity index (χ0n) is 25.1. The summed E-state index contributed by atoms with van der Waals surface area (Å²) in [5.74, 6) is 0.967. The molecule has 0 aromatic heterocycles. The summed E-state index contributed by atoms with van der Waals surface area (Å²) in [6.07, 6.45) is 4.71. The average Bonchev–Trinajstić information content (AvgIpc) is 3.04. The van der Waals surface area contributed by atoms with Gasteiger partial charge in [0.2, 0.25) is 11.8 Å². The molecule has 2 aliphatic rings. The zero-order chi connectivity index (χ0) is 30.2. The Morgan fingerprint density at radius 3 is 2.45 bits per heavy atom. The highest BCUT2D eigenvalue weighted by atomic mass is 16.5. The minimum Gasteiger partial charge on any atom is -0.497 e. The number of methoxy groups -OCH3 is 1. The van der Waals surface area contributed by atoms with Crippen molar-refractivity contribution in [3.05, 3.63) is 48.0 Å². The maximum absolute atomic E-state index is 13.5. The van der Waals surface area contributed by atoms with Gasteiger partial charge in [-0.05, 0) is 62.2 Å². The summed E-state index contributed by atoms with van der Waals surface area (Å²) in [5, 5.41) is 15.8. The Bertz CT molecular complexity index is 1230. The summed E-state index contributed by atoms with van der Waals surface area (Å²) in [4.78, 5) is 42.7. The molecule has 10 nitrogen and oxygen atoms in total. The fourth-order valence-corrected chi connectivity index (χ4v) is 5.58. The lowest BCUT2D eigenvalue weighted by Gasteiger charge is -2.34. The number of nitrogens with zero attached hydrogens (tertiary/aromatic N) is 2. The molecule has 1 saturated carbocycles. The fourth-order valence-electron chi connectivity index (χ4n) is 5.58. The molecule has 0 spiro atoms. The summed E-state index contributed by atoms with van der Waals surface area (Å²) in [7, 11) is 3.29. The number of hydrogen-bond acceptors (Lipinski definition) is 6. The molecule has 0 radical (unpaired) electrons. The molecule has 10 heteroatoms. The van der Waals surface area contributed by atoms with E-state index in [0.29, 0.717) is 35.0 Å². The number of hydrogen-bond donors (Lipinski definition) is 3. The number of aliphatic hydroxyl groups is 1. The van der Waals surface area contributed by atoms with Gasteiger partial charge in [-0.25, -0.2) is 4.79 Å². The Kier molecular flexibility index (Phi) is 10.7. The van der Waals surface area contributed by atoms with Crippen LogP contribution in [0.2, 0.25) is 0 Å². The van der Waals surface area contributed by atoms with Crippen molar-refractivity contribution in [2.75, 3.05) is 44.5 Å². The van der Waals surface area contributed by atoms with Crippen LogP contribution in [-0.2, 0) is 16.0 Å². The van der Waals surface area contributed by atoms with Gasteiger partial charge >= 0.3 is 6.03 Å². The molecule has 228 valence electrons. The van der Waals surface area contributed by atoms with Gasteiger partial charge in [0, 0.05) is 42.4 Å². The minimum absolute atomic E-state index is 0.00701. The van der Waals surface area contributed by atoms with Crippen molar-refractivity contribution >= 4 is 29.2 Å². The molecule has 1 fully saturated rings. The van der Waals surface area contributed by atoms with Crippen LogP contribution in [0.4, 0.5) is 16.2 Å². The monoisotopic (exact) mass is 580 g/mol. The van der Waals surface area contributed by atoms with Crippen molar-refractivity contribution in [1.29, 1.82) is 0 Å². The first-order valence-corrected chi connectivity index (χ1v) is 14.9. The fraction of sp³-hybridized carbons (Fsp3) is 0.531. The average molecular weight is 581 g/mol. The zero-order valence-corrected chi connectivity index (χ0v) is 25.1. The number of aliphatic hydroxyl groups excluding tert-OH is 1. The van der Waals surface area contributed by atoms with Crippen molar-refractivity contribution in [3.63, 3.8) is 0 Å². The Morgan fingerprint density at radius 2 is 1.79 bits per heavy atom. The molecule has 0 unspecified atom stereocenters. The van der Waals surface area contributed by atoms with Crippen LogP contribution in [0.5, 0.6) is 11.5 Å². The number of nitrogens with one attached hydrogen (secondary N) is 2. The van der Waals surface area contributed by atoms with Gasteiger partial charge in [0.05, 0.1) is 32.7 Å². The van der Waals surface area contributed by atoms with Crippen LogP contribution in [0.15, 0.2) is 42.5 Å². The number of urea groups is 1. The third-order valence-electron chi connectivity index (χ3n) is 8.30. The smallest absolute Gasteiger partial charge is 0.321 e. The maximum Gasteiger partial charge on any atom is 0.321 e. The molecule has 4 amide bonds. The van der Waals surface area contributed by atoms with Gasteiger partial charge in [-0.3, -0.25) is 9.59 Å². The van der Waals surface area contributed by atoms with E-state index in [4.69, 9.17) is 9.47 Å². The van der Waals surface area contributed by atoms with E-state index in [2.05, 4.69) is 10.6 Å². The second kappa shape index (κ2) is 14.4. The van der Waals surface area contributed by atoms with Gasteiger partial charge < -0.3 is 35.0 Å². The summed E-state index contributed by atoms with van der Waals surface area (Å²) in [6, 6.07) is 11.8. The molecule has 0 saturated heterocycles. The number of ether oxygens (including phenoxy) is 2. The lowest BCUT2D eigenvalue weighted by molar-refractivity contribution is -0.134. The van der Waals surface area contributed by atoms with E-state index in [1.165, 1.54) is 6.42 Å². The Labute approximate surface area is 248 Å². The Balaban J connectivity index is 1.54. The van der Waals surface area contributed by atoms with Crippen LogP contribution in [0, 0.1) is 11.8 Å². The number of likely N-dealkylation sites (N-methyl/N-ethyl adjacent to an activating group) is 1. The molecular weight excluding hydrogens is 536 g/mol. The van der Waals surface area contributed by atoms with E-state index in [0.717, 1.165) is 25.7 Å². The van der Waals surface area contributed by atoms with Crippen LogP contribution >= 0.6 is 0 Å². The van der Waals surface area contributed by atoms with Gasteiger partial charge in [0.1, 0.15) is 17.6 Å². The number of benzene rings is 2. The van der Waals surface area contributed by atoms with Crippen LogP contribution < -0.4 is 20.1 Å². The molecule has 1 heterocycles. The first kappa shape index (κ1) is 31.2. The van der Waals surface area contributed by atoms with Crippen LogP contribution in [0.25, 0.3) is 0 Å². The molecule has 2 aromatic carbocycles. The SMILES string of the molecule is COc1ccc(NC(=O)N(C)C[C@H]2Oc3ccc(NC(=O)C4CCCCC4)cc3CC(=O)N([C@@H](C)CO)C[C@H]2C)cc1. The summed E-state index contributed by atoms with van der Waals surface area (Å²) in [5.41, 5.74) is 1.92. The third-order valence-corrected chi connectivity index (χ3v) is 8.30. The van der Waals surface area contributed by atoms with E-state index in [-0.39, 0.29) is 55.3 Å². The molecule has 2 aromatic rings. The predicted octanol–water partition coefficient (Wildman–Crippen LogP) is 4.53. The van der Waals surface area contributed by atoms with E-state index < -0.39 is 6.10 Å². The van der Waals surface area contributed by atoms with Crippen LogP contribution in [-0.4, -0.2) is 78.8 Å². The van der Waals surface area contributed by atoms with E-state index in [1.807, 2.05) is 19.9 Å². The van der Waals surface area contributed by atoms with Gasteiger partial charge in [-0.15, -0.1) is 0 Å². The van der Waals surface area contributed by atoms with Gasteiger partial charge in [0.25, 0.3) is 0 Å². The van der Waals surface area contributed by atoms with Crippen molar-refractivity contribution in [2.24, 2.45) is 11.8 Å². The van der Waals surface area contributed by atoms with Crippen LogP contribution in [0.1, 0.15) is 51.5 Å². The lowest BCUT2D eigenvalue weighted by atomic mass is 9.88. The first-order valence-electron chi connectivity index (χ1n) is 14.9. The molecule has 1 aliphatic carbocycles. The number of carbonyl (C=O) groups excluding carboxylic acids is 3. The summed E-state index contributed by atoms with van der Waals surface area (Å²) < 4.78 is 11.7. The highest BCUT2D eigenvalue weighted by molar-refractivity contribution is 5.93. The number of fused-ring (bicyclic) bond motifs is 1. The number of carbonyl (C=O) groups is 3. The van der Waals surface area contributed by atoms with E-state index in [1.54, 1.807) is 60.4 Å². The second-order valence-electron chi connectivity index (χ2n) is 11.6. The second-order valence-corrected chi connectivity index (χ2v) is 11.6. The lowest BCUT2D eigenvalue weighted by Crippen LogP contribution is -2.48. The minimum atomic E-state index is -0.447. The topological polar surface area (TPSA) is 120 Å². The van der Waals surface area contributed by atoms with Crippen molar-refractivity contribution in [2.45, 2.75) is 64.5 Å². The Hall–Kier alpha value is -3.79. The molecule has 3 N–H and O–H groups in total. The van der Waals surface area contributed by atoms with Crippen molar-refractivity contribution in [3.8, 4) is 11.5 Å². The maximum atomic E-state index is 13.5. The third kappa shape index (κ3) is 7.94. The first-order chi connectivity index (χ1) is 20.2. The highest BCUT2D eigenvalue weighted by Gasteiger charge is 2.32.